The largest absolute Gasteiger partial charge is 0.466 e. The number of thiocarbonyl (C=S) groups is 1. The van der Waals surface area contributed by atoms with E-state index in [9.17, 15) is 4.79 Å². The van der Waals surface area contributed by atoms with E-state index in [2.05, 4.69) is 50.0 Å². The van der Waals surface area contributed by atoms with Gasteiger partial charge in [-0.1, -0.05) is 40.7 Å². The lowest BCUT2D eigenvalue weighted by molar-refractivity contribution is -0.143. The maximum Gasteiger partial charge on any atom is 0.306 e. The number of ether oxygens (including phenoxy) is 1. The third kappa shape index (κ3) is 8.16. The van der Waals surface area contributed by atoms with Gasteiger partial charge in [-0.05, 0) is 54.6 Å². The SMILES string of the molecule is CCOC(=O)CC(C)c1ccc(N(CC(C)C)CC(C)C)c(NC(N)=S)c1. The minimum Gasteiger partial charge on any atom is -0.466 e. The van der Waals surface area contributed by atoms with Crippen LogP contribution in [0.25, 0.3) is 0 Å². The van der Waals surface area contributed by atoms with Gasteiger partial charge in [-0.2, -0.15) is 0 Å². The Hall–Kier alpha value is -1.82. The molecule has 0 bridgehead atoms. The van der Waals surface area contributed by atoms with Crippen molar-refractivity contribution in [3.05, 3.63) is 23.8 Å². The van der Waals surface area contributed by atoms with E-state index in [1.165, 1.54) is 0 Å². The van der Waals surface area contributed by atoms with Crippen LogP contribution in [0.5, 0.6) is 0 Å². The number of hydrogen-bond acceptors (Lipinski definition) is 4. The molecule has 0 amide bonds. The average Bonchev–Trinajstić information content (AvgIpc) is 2.52. The molecule has 6 heteroatoms. The van der Waals surface area contributed by atoms with Crippen LogP contribution >= 0.6 is 12.2 Å². The monoisotopic (exact) mass is 393 g/mol. The molecule has 1 unspecified atom stereocenters. The Kier molecular flexibility index (Phi) is 9.56. The zero-order chi connectivity index (χ0) is 20.6. The maximum atomic E-state index is 11.8. The lowest BCUT2D eigenvalue weighted by Gasteiger charge is -2.31. The molecule has 0 fully saturated rings. The minimum atomic E-state index is -0.181. The molecule has 0 spiro atoms. The third-order valence-corrected chi connectivity index (χ3v) is 4.24. The molecule has 0 aromatic heterocycles. The average molecular weight is 394 g/mol. The van der Waals surface area contributed by atoms with Crippen molar-refractivity contribution in [3.8, 4) is 0 Å². The Bertz CT molecular complexity index is 622. The van der Waals surface area contributed by atoms with Crippen LogP contribution in [0.3, 0.4) is 0 Å². The van der Waals surface area contributed by atoms with Crippen LogP contribution < -0.4 is 16.0 Å². The van der Waals surface area contributed by atoms with Gasteiger partial charge in [-0.25, -0.2) is 0 Å². The molecule has 1 aromatic carbocycles. The van der Waals surface area contributed by atoms with Crippen molar-refractivity contribution in [3.63, 3.8) is 0 Å². The molecule has 0 saturated heterocycles. The molecule has 5 nitrogen and oxygen atoms in total. The first kappa shape index (κ1) is 23.2. The molecule has 1 rings (SSSR count). The standard InChI is InChI=1S/C21H35N3O2S/c1-7-26-20(25)10-16(6)17-8-9-19(18(11-17)23-21(22)27)24(12-14(2)3)13-15(4)5/h8-9,11,14-16H,7,10,12-13H2,1-6H3,(H3,22,23,27). The topological polar surface area (TPSA) is 67.6 Å². The number of carbonyl (C=O) groups is 1. The van der Waals surface area contributed by atoms with Crippen molar-refractivity contribution in [2.45, 2.75) is 53.9 Å². The fraction of sp³-hybridized carbons (Fsp3) is 0.619. The molecule has 0 radical (unpaired) electrons. The van der Waals surface area contributed by atoms with E-state index >= 15 is 0 Å². The Labute approximate surface area is 169 Å². The fourth-order valence-electron chi connectivity index (χ4n) is 3.11. The number of nitrogens with one attached hydrogen (secondary N) is 1. The number of carbonyl (C=O) groups excluding carboxylic acids is 1. The molecule has 3 N–H and O–H groups in total. The summed E-state index contributed by atoms with van der Waals surface area (Å²) < 4.78 is 5.07. The van der Waals surface area contributed by atoms with Crippen LogP contribution in [0.1, 0.15) is 59.4 Å². The van der Waals surface area contributed by atoms with Crippen LogP contribution in [0.4, 0.5) is 11.4 Å². The zero-order valence-electron chi connectivity index (χ0n) is 17.5. The molecular weight excluding hydrogens is 358 g/mol. The molecule has 0 aliphatic heterocycles. The Morgan fingerprint density at radius 1 is 1.19 bits per heavy atom. The van der Waals surface area contributed by atoms with Gasteiger partial charge in [0.2, 0.25) is 0 Å². The molecule has 1 atom stereocenters. The molecule has 0 heterocycles. The summed E-state index contributed by atoms with van der Waals surface area (Å²) in [5.74, 6) is 0.931. The highest BCUT2D eigenvalue weighted by Gasteiger charge is 2.18. The van der Waals surface area contributed by atoms with Crippen LogP contribution in [-0.2, 0) is 9.53 Å². The fourth-order valence-corrected chi connectivity index (χ4v) is 3.22. The van der Waals surface area contributed by atoms with Gasteiger partial charge in [0.05, 0.1) is 24.4 Å². The van der Waals surface area contributed by atoms with Crippen LogP contribution in [0.15, 0.2) is 18.2 Å². The van der Waals surface area contributed by atoms with E-state index in [0.717, 1.165) is 30.0 Å². The zero-order valence-corrected chi connectivity index (χ0v) is 18.4. The van der Waals surface area contributed by atoms with Crippen LogP contribution in [0.2, 0.25) is 0 Å². The summed E-state index contributed by atoms with van der Waals surface area (Å²) in [4.78, 5) is 14.2. The molecule has 0 aliphatic carbocycles. The Morgan fingerprint density at radius 2 is 1.78 bits per heavy atom. The minimum absolute atomic E-state index is 0.0497. The van der Waals surface area contributed by atoms with Crippen LogP contribution in [-0.4, -0.2) is 30.8 Å². The second-order valence-corrected chi connectivity index (χ2v) is 8.31. The van der Waals surface area contributed by atoms with Gasteiger partial charge in [-0.15, -0.1) is 0 Å². The first-order chi connectivity index (χ1) is 12.6. The van der Waals surface area contributed by atoms with Crippen molar-refractivity contribution in [2.24, 2.45) is 17.6 Å². The van der Waals surface area contributed by atoms with Crippen molar-refractivity contribution < 1.29 is 9.53 Å². The Balaban J connectivity index is 3.19. The summed E-state index contributed by atoms with van der Waals surface area (Å²) in [5.41, 5.74) is 8.79. The van der Waals surface area contributed by atoms with E-state index in [4.69, 9.17) is 22.7 Å². The molecule has 0 saturated carbocycles. The van der Waals surface area contributed by atoms with E-state index in [1.807, 2.05) is 19.9 Å². The first-order valence-electron chi connectivity index (χ1n) is 9.74. The van der Waals surface area contributed by atoms with Gasteiger partial charge in [0.15, 0.2) is 5.11 Å². The van der Waals surface area contributed by atoms with E-state index in [1.54, 1.807) is 0 Å². The van der Waals surface area contributed by atoms with Gasteiger partial charge in [0.25, 0.3) is 0 Å². The van der Waals surface area contributed by atoms with Crippen LogP contribution in [0, 0.1) is 11.8 Å². The number of benzene rings is 1. The summed E-state index contributed by atoms with van der Waals surface area (Å²) in [6.45, 7) is 15.0. The summed E-state index contributed by atoms with van der Waals surface area (Å²) in [7, 11) is 0. The molecular formula is C21H35N3O2S. The molecule has 1 aromatic rings. The van der Waals surface area contributed by atoms with Crippen molar-refractivity contribution in [2.75, 3.05) is 29.9 Å². The highest BCUT2D eigenvalue weighted by atomic mass is 32.1. The number of hydrogen-bond donors (Lipinski definition) is 2. The predicted molar refractivity (Wildman–Crippen MR) is 118 cm³/mol. The normalized spacial score (nSPS) is 12.1. The van der Waals surface area contributed by atoms with E-state index in [-0.39, 0.29) is 17.0 Å². The number of esters is 1. The van der Waals surface area contributed by atoms with Crippen molar-refractivity contribution in [1.82, 2.24) is 0 Å². The van der Waals surface area contributed by atoms with Gasteiger partial charge in [0, 0.05) is 13.1 Å². The highest BCUT2D eigenvalue weighted by Crippen LogP contribution is 2.32. The van der Waals surface area contributed by atoms with Gasteiger partial charge < -0.3 is 20.7 Å². The van der Waals surface area contributed by atoms with E-state index in [0.29, 0.717) is 24.9 Å². The number of anilines is 2. The number of nitrogens with two attached hydrogens (primary N) is 1. The maximum absolute atomic E-state index is 11.8. The summed E-state index contributed by atoms with van der Waals surface area (Å²) in [6, 6.07) is 6.23. The quantitative estimate of drug-likeness (QED) is 0.450. The predicted octanol–water partition coefficient (Wildman–Crippen LogP) is 4.52. The lowest BCUT2D eigenvalue weighted by Crippen LogP contribution is -2.32. The summed E-state index contributed by atoms with van der Waals surface area (Å²) >= 11 is 5.09. The smallest absolute Gasteiger partial charge is 0.306 e. The number of rotatable bonds is 10. The first-order valence-corrected chi connectivity index (χ1v) is 10.2. The van der Waals surface area contributed by atoms with Gasteiger partial charge in [-0.3, -0.25) is 4.79 Å². The molecule has 0 aliphatic rings. The number of nitrogens with zero attached hydrogens (tertiary/aromatic N) is 1. The highest BCUT2D eigenvalue weighted by molar-refractivity contribution is 7.80. The van der Waals surface area contributed by atoms with Gasteiger partial charge in [0.1, 0.15) is 0 Å². The van der Waals surface area contributed by atoms with Crippen molar-refractivity contribution in [1.29, 1.82) is 0 Å². The lowest BCUT2D eigenvalue weighted by atomic mass is 9.96. The summed E-state index contributed by atoms with van der Waals surface area (Å²) in [5, 5.41) is 3.36. The molecule has 27 heavy (non-hydrogen) atoms. The Morgan fingerprint density at radius 3 is 2.26 bits per heavy atom. The van der Waals surface area contributed by atoms with E-state index < -0.39 is 0 Å². The third-order valence-electron chi connectivity index (χ3n) is 4.14. The second kappa shape index (κ2) is 11.1. The second-order valence-electron chi connectivity index (χ2n) is 7.87. The summed E-state index contributed by atoms with van der Waals surface area (Å²) in [6.07, 6.45) is 0.349. The van der Waals surface area contributed by atoms with Crippen molar-refractivity contribution >= 4 is 34.7 Å². The van der Waals surface area contributed by atoms with Gasteiger partial charge >= 0.3 is 5.97 Å². The molecule has 152 valence electrons.